The molecule has 0 aromatic carbocycles. The highest BCUT2D eigenvalue weighted by Gasteiger charge is 2.15. The van der Waals surface area contributed by atoms with Gasteiger partial charge in [-0.15, -0.1) is 0 Å². The van der Waals surface area contributed by atoms with E-state index >= 15 is 0 Å². The van der Waals surface area contributed by atoms with Crippen molar-refractivity contribution in [2.24, 2.45) is 0 Å². The van der Waals surface area contributed by atoms with E-state index in [0.29, 0.717) is 5.56 Å². The second-order valence-electron chi connectivity index (χ2n) is 2.60. The fraction of sp³-hybridized carbons (Fsp3) is 0.286. The molecule has 13 heavy (non-hydrogen) atoms. The SMILES string of the molecule is CS(=O)(=O)c1cscc1CC(=O)O. The van der Waals surface area contributed by atoms with E-state index in [1.807, 2.05) is 0 Å². The van der Waals surface area contributed by atoms with E-state index in [1.54, 1.807) is 5.38 Å². The van der Waals surface area contributed by atoms with Gasteiger partial charge < -0.3 is 5.11 Å². The molecule has 0 bridgehead atoms. The predicted octanol–water partition coefficient (Wildman–Crippen LogP) is 0.779. The molecule has 0 radical (unpaired) electrons. The molecule has 1 rings (SSSR count). The lowest BCUT2D eigenvalue weighted by molar-refractivity contribution is -0.136. The summed E-state index contributed by atoms with van der Waals surface area (Å²) in [6.07, 6.45) is 0.826. The molecule has 0 spiro atoms. The van der Waals surface area contributed by atoms with E-state index < -0.39 is 15.8 Å². The van der Waals surface area contributed by atoms with Crippen LogP contribution in [0.2, 0.25) is 0 Å². The molecule has 1 aromatic rings. The number of hydrogen-bond donors (Lipinski definition) is 1. The van der Waals surface area contributed by atoms with Gasteiger partial charge >= 0.3 is 5.97 Å². The zero-order valence-corrected chi connectivity index (χ0v) is 8.48. The minimum absolute atomic E-state index is 0.125. The Kier molecular flexibility index (Phi) is 2.72. The molecule has 72 valence electrons. The molecule has 0 atom stereocenters. The van der Waals surface area contributed by atoms with Crippen LogP contribution in [0.3, 0.4) is 0 Å². The first kappa shape index (κ1) is 10.2. The third kappa shape index (κ3) is 2.53. The van der Waals surface area contributed by atoms with Crippen molar-refractivity contribution >= 4 is 27.1 Å². The van der Waals surface area contributed by atoms with Gasteiger partial charge in [-0.2, -0.15) is 11.3 Å². The quantitative estimate of drug-likeness (QED) is 0.817. The molecule has 0 unspecified atom stereocenters. The minimum atomic E-state index is -3.29. The van der Waals surface area contributed by atoms with E-state index in [9.17, 15) is 13.2 Å². The van der Waals surface area contributed by atoms with Crippen molar-refractivity contribution in [3.8, 4) is 0 Å². The number of rotatable bonds is 3. The van der Waals surface area contributed by atoms with E-state index in [-0.39, 0.29) is 11.3 Å². The van der Waals surface area contributed by atoms with Crippen molar-refractivity contribution in [3.63, 3.8) is 0 Å². The summed E-state index contributed by atoms with van der Waals surface area (Å²) in [5, 5.41) is 11.5. The van der Waals surface area contributed by atoms with Crippen LogP contribution < -0.4 is 0 Å². The summed E-state index contributed by atoms with van der Waals surface area (Å²) >= 11 is 1.19. The van der Waals surface area contributed by atoms with E-state index in [1.165, 1.54) is 16.7 Å². The Balaban J connectivity index is 3.11. The Labute approximate surface area is 79.7 Å². The highest BCUT2D eigenvalue weighted by Crippen LogP contribution is 2.20. The maximum atomic E-state index is 11.1. The smallest absolute Gasteiger partial charge is 0.307 e. The van der Waals surface area contributed by atoms with E-state index in [2.05, 4.69) is 0 Å². The third-order valence-corrected chi connectivity index (χ3v) is 3.56. The van der Waals surface area contributed by atoms with Gasteiger partial charge in [0.15, 0.2) is 9.84 Å². The van der Waals surface area contributed by atoms with Crippen LogP contribution in [0, 0.1) is 0 Å². The van der Waals surface area contributed by atoms with Gasteiger partial charge in [0.05, 0.1) is 11.3 Å². The van der Waals surface area contributed by atoms with Crippen molar-refractivity contribution < 1.29 is 18.3 Å². The fourth-order valence-electron chi connectivity index (χ4n) is 0.929. The molecule has 1 heterocycles. The number of thiophene rings is 1. The highest BCUT2D eigenvalue weighted by atomic mass is 32.2. The summed E-state index contributed by atoms with van der Waals surface area (Å²) in [6.45, 7) is 0. The van der Waals surface area contributed by atoms with Crippen LogP contribution in [0.25, 0.3) is 0 Å². The van der Waals surface area contributed by atoms with E-state index in [4.69, 9.17) is 5.11 Å². The Morgan fingerprint density at radius 1 is 1.54 bits per heavy atom. The largest absolute Gasteiger partial charge is 0.481 e. The van der Waals surface area contributed by atoms with Gasteiger partial charge in [0.25, 0.3) is 0 Å². The highest BCUT2D eigenvalue weighted by molar-refractivity contribution is 7.90. The lowest BCUT2D eigenvalue weighted by Crippen LogP contribution is -2.04. The van der Waals surface area contributed by atoms with Crippen molar-refractivity contribution in [1.29, 1.82) is 0 Å². The number of carboxylic acids is 1. The van der Waals surface area contributed by atoms with Crippen LogP contribution in [-0.4, -0.2) is 25.7 Å². The van der Waals surface area contributed by atoms with Gasteiger partial charge in [0.2, 0.25) is 0 Å². The number of sulfone groups is 1. The first-order valence-corrected chi connectivity index (χ1v) is 6.21. The first-order chi connectivity index (χ1) is 5.91. The van der Waals surface area contributed by atoms with Crippen LogP contribution >= 0.6 is 11.3 Å². The van der Waals surface area contributed by atoms with Crippen molar-refractivity contribution in [2.75, 3.05) is 6.26 Å². The number of carboxylic acid groups (broad SMARTS) is 1. The minimum Gasteiger partial charge on any atom is -0.481 e. The zero-order chi connectivity index (χ0) is 10.1. The number of hydrogen-bond acceptors (Lipinski definition) is 4. The maximum Gasteiger partial charge on any atom is 0.307 e. The van der Waals surface area contributed by atoms with Crippen LogP contribution in [-0.2, 0) is 21.1 Å². The second kappa shape index (κ2) is 3.47. The topological polar surface area (TPSA) is 71.4 Å². The van der Waals surface area contributed by atoms with Gasteiger partial charge in [-0.1, -0.05) is 0 Å². The number of carbonyl (C=O) groups is 1. The maximum absolute atomic E-state index is 11.1. The molecule has 0 fully saturated rings. The van der Waals surface area contributed by atoms with Gasteiger partial charge in [-0.05, 0) is 10.9 Å². The predicted molar refractivity (Wildman–Crippen MR) is 48.8 cm³/mol. The van der Waals surface area contributed by atoms with Crippen molar-refractivity contribution in [3.05, 3.63) is 16.3 Å². The number of aliphatic carboxylic acids is 1. The molecule has 1 aromatic heterocycles. The normalized spacial score (nSPS) is 11.5. The molecule has 0 saturated carbocycles. The molecule has 4 nitrogen and oxygen atoms in total. The van der Waals surface area contributed by atoms with Crippen molar-refractivity contribution in [2.45, 2.75) is 11.3 Å². The molecular formula is C7H8O4S2. The summed E-state index contributed by atoms with van der Waals surface area (Å²) in [5.74, 6) is -1.02. The Morgan fingerprint density at radius 3 is 2.62 bits per heavy atom. The van der Waals surface area contributed by atoms with Crippen LogP contribution in [0.4, 0.5) is 0 Å². The monoisotopic (exact) mass is 220 g/mol. The van der Waals surface area contributed by atoms with Gasteiger partial charge in [0, 0.05) is 11.6 Å². The Hall–Kier alpha value is -0.880. The molecule has 0 aliphatic heterocycles. The zero-order valence-electron chi connectivity index (χ0n) is 6.85. The summed E-state index contributed by atoms with van der Waals surface area (Å²) < 4.78 is 22.2. The van der Waals surface area contributed by atoms with Crippen LogP contribution in [0.15, 0.2) is 15.7 Å². The molecular weight excluding hydrogens is 212 g/mol. The Morgan fingerprint density at radius 2 is 2.15 bits per heavy atom. The molecule has 0 amide bonds. The molecule has 0 saturated heterocycles. The molecule has 0 aliphatic carbocycles. The Bertz CT molecular complexity index is 415. The standard InChI is InChI=1S/C7H8O4S2/c1-13(10,11)6-4-12-3-5(6)2-7(8)9/h3-4H,2H2,1H3,(H,8,9). The van der Waals surface area contributed by atoms with E-state index in [0.717, 1.165) is 6.26 Å². The summed E-state index contributed by atoms with van der Waals surface area (Å²) in [6, 6.07) is 0. The lowest BCUT2D eigenvalue weighted by atomic mass is 10.2. The molecule has 6 heteroatoms. The fourth-order valence-corrected chi connectivity index (χ4v) is 3.19. The average molecular weight is 220 g/mol. The van der Waals surface area contributed by atoms with Crippen molar-refractivity contribution in [1.82, 2.24) is 0 Å². The average Bonchev–Trinajstić information content (AvgIpc) is 2.31. The van der Waals surface area contributed by atoms with Gasteiger partial charge in [0.1, 0.15) is 0 Å². The van der Waals surface area contributed by atoms with Gasteiger partial charge in [-0.3, -0.25) is 4.79 Å². The summed E-state index contributed by atoms with van der Waals surface area (Å²) in [5.41, 5.74) is 0.361. The summed E-state index contributed by atoms with van der Waals surface area (Å²) in [4.78, 5) is 10.5. The second-order valence-corrected chi connectivity index (χ2v) is 5.33. The lowest BCUT2D eigenvalue weighted by Gasteiger charge is -1.97. The first-order valence-electron chi connectivity index (χ1n) is 3.38. The third-order valence-electron chi connectivity index (χ3n) is 1.44. The van der Waals surface area contributed by atoms with Gasteiger partial charge in [-0.25, -0.2) is 8.42 Å². The molecule has 0 aliphatic rings. The van der Waals surface area contributed by atoms with Crippen LogP contribution in [0.1, 0.15) is 5.56 Å². The summed E-state index contributed by atoms with van der Waals surface area (Å²) in [7, 11) is -3.29. The molecule has 1 N–H and O–H groups in total. The van der Waals surface area contributed by atoms with Crippen LogP contribution in [0.5, 0.6) is 0 Å².